The van der Waals surface area contributed by atoms with Gasteiger partial charge in [0, 0.05) is 11.1 Å². The van der Waals surface area contributed by atoms with Crippen LogP contribution in [0.2, 0.25) is 0 Å². The molecule has 1 aliphatic rings. The Morgan fingerprint density at radius 3 is 2.85 bits per heavy atom. The van der Waals surface area contributed by atoms with E-state index in [-0.39, 0.29) is 11.5 Å². The molecule has 102 valence electrons. The van der Waals surface area contributed by atoms with Gasteiger partial charge in [-0.2, -0.15) is 0 Å². The lowest BCUT2D eigenvalue weighted by Gasteiger charge is -2.03. The van der Waals surface area contributed by atoms with E-state index in [0.29, 0.717) is 10.6 Å². The minimum Gasteiger partial charge on any atom is -0.478 e. The van der Waals surface area contributed by atoms with Crippen LogP contribution in [0.5, 0.6) is 0 Å². The summed E-state index contributed by atoms with van der Waals surface area (Å²) in [5.41, 5.74) is 1.71. The van der Waals surface area contributed by atoms with E-state index in [0.717, 1.165) is 19.3 Å². The zero-order valence-electron chi connectivity index (χ0n) is 10.5. The summed E-state index contributed by atoms with van der Waals surface area (Å²) in [5, 5.41) is 11.6. The molecule has 6 heteroatoms. The maximum Gasteiger partial charge on any atom is 0.337 e. The van der Waals surface area contributed by atoms with E-state index in [9.17, 15) is 9.59 Å². The van der Waals surface area contributed by atoms with E-state index in [2.05, 4.69) is 10.3 Å². The summed E-state index contributed by atoms with van der Waals surface area (Å²) in [4.78, 5) is 28.7. The average Bonchev–Trinajstić information content (AvgIpc) is 2.99. The minimum atomic E-state index is -1.07. The van der Waals surface area contributed by atoms with Gasteiger partial charge in [0.1, 0.15) is 0 Å². The predicted molar refractivity (Wildman–Crippen MR) is 75.5 cm³/mol. The van der Waals surface area contributed by atoms with Crippen LogP contribution < -0.4 is 5.32 Å². The molecule has 3 rings (SSSR count). The summed E-state index contributed by atoms with van der Waals surface area (Å²) in [6.45, 7) is 0. The van der Waals surface area contributed by atoms with Gasteiger partial charge in [0.15, 0.2) is 0 Å². The molecule has 2 N–H and O–H groups in total. The molecular weight excluding hydrogens is 276 g/mol. The zero-order valence-corrected chi connectivity index (χ0v) is 11.4. The topological polar surface area (TPSA) is 79.3 Å². The monoisotopic (exact) mass is 288 g/mol. The van der Waals surface area contributed by atoms with Crippen LogP contribution in [0.3, 0.4) is 0 Å². The largest absolute Gasteiger partial charge is 0.478 e. The molecule has 0 spiro atoms. The normalized spacial score (nSPS) is 13.0. The molecule has 0 fully saturated rings. The summed E-state index contributed by atoms with van der Waals surface area (Å²) in [6.07, 6.45) is 5.93. The first-order valence-electron chi connectivity index (χ1n) is 6.25. The zero-order chi connectivity index (χ0) is 14.1. The number of amides is 1. The van der Waals surface area contributed by atoms with E-state index in [1.54, 1.807) is 0 Å². The highest BCUT2D eigenvalue weighted by atomic mass is 32.1. The number of nitrogens with zero attached hydrogens (tertiary/aromatic N) is 1. The number of aryl methyl sites for hydroxylation is 2. The van der Waals surface area contributed by atoms with Gasteiger partial charge >= 0.3 is 5.97 Å². The van der Waals surface area contributed by atoms with Crippen LogP contribution in [-0.4, -0.2) is 22.0 Å². The second-order valence-electron chi connectivity index (χ2n) is 4.63. The molecule has 5 nitrogen and oxygen atoms in total. The van der Waals surface area contributed by atoms with Crippen LogP contribution in [0.25, 0.3) is 0 Å². The number of anilines is 1. The lowest BCUT2D eigenvalue weighted by molar-refractivity contribution is 0.0696. The van der Waals surface area contributed by atoms with Crippen molar-refractivity contribution in [3.63, 3.8) is 0 Å². The maximum absolute atomic E-state index is 12.1. The molecule has 20 heavy (non-hydrogen) atoms. The fourth-order valence-electron chi connectivity index (χ4n) is 2.26. The summed E-state index contributed by atoms with van der Waals surface area (Å²) in [6, 6.07) is 3.32. The fourth-order valence-corrected chi connectivity index (χ4v) is 3.41. The molecule has 2 aromatic rings. The van der Waals surface area contributed by atoms with Crippen molar-refractivity contribution in [2.75, 3.05) is 5.32 Å². The third-order valence-corrected chi connectivity index (χ3v) is 4.45. The van der Waals surface area contributed by atoms with Crippen LogP contribution >= 0.6 is 11.3 Å². The fraction of sp³-hybridized carbons (Fsp3) is 0.214. The smallest absolute Gasteiger partial charge is 0.337 e. The Morgan fingerprint density at radius 2 is 2.10 bits per heavy atom. The number of fused-ring (bicyclic) bond motifs is 1. The van der Waals surface area contributed by atoms with Crippen LogP contribution in [0.4, 0.5) is 5.69 Å². The molecule has 2 aromatic heterocycles. The average molecular weight is 288 g/mol. The maximum atomic E-state index is 12.1. The van der Waals surface area contributed by atoms with Crippen molar-refractivity contribution in [1.29, 1.82) is 0 Å². The number of hydrogen-bond donors (Lipinski definition) is 2. The van der Waals surface area contributed by atoms with Crippen molar-refractivity contribution in [2.24, 2.45) is 0 Å². The summed E-state index contributed by atoms with van der Waals surface area (Å²) < 4.78 is 0. The summed E-state index contributed by atoms with van der Waals surface area (Å²) >= 11 is 1.51. The Hall–Kier alpha value is -2.21. The molecule has 0 atom stereocenters. The van der Waals surface area contributed by atoms with Crippen LogP contribution in [-0.2, 0) is 12.8 Å². The number of hydrogen-bond acceptors (Lipinski definition) is 4. The number of carboxylic acid groups (broad SMARTS) is 1. The number of carbonyl (C=O) groups is 2. The predicted octanol–water partition coefficient (Wildman–Crippen LogP) is 2.58. The number of nitrogens with one attached hydrogen (secondary N) is 1. The Balaban J connectivity index is 1.78. The van der Waals surface area contributed by atoms with Crippen molar-refractivity contribution >= 4 is 28.9 Å². The first-order valence-corrected chi connectivity index (χ1v) is 7.06. The van der Waals surface area contributed by atoms with Gasteiger partial charge in [0.25, 0.3) is 5.91 Å². The summed E-state index contributed by atoms with van der Waals surface area (Å²) in [5.74, 6) is -1.28. The van der Waals surface area contributed by atoms with Crippen LogP contribution in [0, 0.1) is 0 Å². The highest BCUT2D eigenvalue weighted by Crippen LogP contribution is 2.30. The molecular formula is C14H12N2O3S. The molecule has 1 amide bonds. The van der Waals surface area contributed by atoms with Gasteiger partial charge in [-0.25, -0.2) is 4.79 Å². The quantitative estimate of drug-likeness (QED) is 0.909. The van der Waals surface area contributed by atoms with E-state index >= 15 is 0 Å². The van der Waals surface area contributed by atoms with Crippen molar-refractivity contribution in [2.45, 2.75) is 19.3 Å². The molecule has 0 saturated heterocycles. The molecule has 0 aromatic carbocycles. The van der Waals surface area contributed by atoms with Gasteiger partial charge in [-0.1, -0.05) is 0 Å². The van der Waals surface area contributed by atoms with Gasteiger partial charge < -0.3 is 10.4 Å². The van der Waals surface area contributed by atoms with Crippen LogP contribution in [0.1, 0.15) is 36.9 Å². The molecule has 0 radical (unpaired) electrons. The van der Waals surface area contributed by atoms with E-state index in [4.69, 9.17) is 5.11 Å². The molecule has 0 aliphatic heterocycles. The van der Waals surface area contributed by atoms with Crippen molar-refractivity contribution in [3.8, 4) is 0 Å². The molecule has 1 aliphatic carbocycles. The first kappa shape index (κ1) is 12.8. The van der Waals surface area contributed by atoms with Crippen molar-refractivity contribution in [3.05, 3.63) is 45.4 Å². The number of aromatic carboxylic acids is 1. The molecule has 0 unspecified atom stereocenters. The number of carbonyl (C=O) groups excluding carboxylic acids is 1. The highest BCUT2D eigenvalue weighted by molar-refractivity contribution is 7.14. The van der Waals surface area contributed by atoms with E-state index < -0.39 is 5.97 Å². The van der Waals surface area contributed by atoms with Gasteiger partial charge in [0.05, 0.1) is 22.3 Å². The Morgan fingerprint density at radius 1 is 1.25 bits per heavy atom. The van der Waals surface area contributed by atoms with E-state index in [1.165, 1.54) is 40.2 Å². The van der Waals surface area contributed by atoms with Crippen molar-refractivity contribution in [1.82, 2.24) is 4.98 Å². The van der Waals surface area contributed by atoms with Gasteiger partial charge in [-0.15, -0.1) is 11.3 Å². The second-order valence-corrected chi connectivity index (χ2v) is 5.77. The lowest BCUT2D eigenvalue weighted by atomic mass is 10.2. The summed E-state index contributed by atoms with van der Waals surface area (Å²) in [7, 11) is 0. The van der Waals surface area contributed by atoms with E-state index in [1.807, 2.05) is 6.07 Å². The number of aromatic nitrogens is 1. The first-order chi connectivity index (χ1) is 9.63. The second kappa shape index (κ2) is 5.05. The SMILES string of the molecule is O=C(O)c1cncc(NC(=O)c2cc3c(s2)CCC3)c1. The Labute approximate surface area is 119 Å². The minimum absolute atomic E-state index is 0.0523. The number of pyridine rings is 1. The third kappa shape index (κ3) is 2.42. The number of carboxylic acids is 1. The Kier molecular flexibility index (Phi) is 3.23. The Bertz CT molecular complexity index is 672. The van der Waals surface area contributed by atoms with Crippen molar-refractivity contribution < 1.29 is 14.7 Å². The molecule has 0 saturated carbocycles. The standard InChI is InChI=1S/C14H12N2O3S/c17-13(12-5-8-2-1-3-11(8)20-12)16-10-4-9(14(18)19)6-15-7-10/h4-7H,1-3H2,(H,16,17)(H,18,19). The van der Waals surface area contributed by atoms with Gasteiger partial charge in [0.2, 0.25) is 0 Å². The highest BCUT2D eigenvalue weighted by Gasteiger charge is 2.18. The van der Waals surface area contributed by atoms with Crippen LogP contribution in [0.15, 0.2) is 24.5 Å². The number of thiophene rings is 1. The lowest BCUT2D eigenvalue weighted by Crippen LogP contribution is -2.11. The third-order valence-electron chi connectivity index (χ3n) is 3.21. The molecule has 2 heterocycles. The van der Waals surface area contributed by atoms with Gasteiger partial charge in [-0.05, 0) is 37.0 Å². The van der Waals surface area contributed by atoms with Gasteiger partial charge in [-0.3, -0.25) is 9.78 Å². The molecule has 0 bridgehead atoms. The number of rotatable bonds is 3.